The highest BCUT2D eigenvalue weighted by Crippen LogP contribution is 2.21. The Kier molecular flexibility index (Phi) is 5.28. The summed E-state index contributed by atoms with van der Waals surface area (Å²) in [5.41, 5.74) is 2.29. The molecule has 0 unspecified atom stereocenters. The van der Waals surface area contributed by atoms with Crippen LogP contribution >= 0.6 is 0 Å². The predicted octanol–water partition coefficient (Wildman–Crippen LogP) is 2.85. The van der Waals surface area contributed by atoms with Gasteiger partial charge in [0.25, 0.3) is 0 Å². The van der Waals surface area contributed by atoms with E-state index in [0.717, 1.165) is 44.7 Å². The van der Waals surface area contributed by atoms with Gasteiger partial charge < -0.3 is 5.11 Å². The molecule has 1 aliphatic rings. The van der Waals surface area contributed by atoms with Gasteiger partial charge in [0.05, 0.1) is 5.69 Å². The number of rotatable bonds is 6. The van der Waals surface area contributed by atoms with Gasteiger partial charge >= 0.3 is 0 Å². The van der Waals surface area contributed by atoms with E-state index in [0.29, 0.717) is 11.7 Å². The van der Waals surface area contributed by atoms with Gasteiger partial charge in [0.2, 0.25) is 0 Å². The van der Waals surface area contributed by atoms with Crippen molar-refractivity contribution in [3.05, 3.63) is 41.7 Å². The van der Waals surface area contributed by atoms with Crippen molar-refractivity contribution in [3.8, 4) is 5.75 Å². The average Bonchev–Trinajstić information content (AvgIpc) is 2.97. The van der Waals surface area contributed by atoms with Crippen LogP contribution in [0.1, 0.15) is 37.4 Å². The molecule has 1 aromatic carbocycles. The topological polar surface area (TPSA) is 54.2 Å². The molecular weight excluding hydrogens is 288 g/mol. The molecule has 124 valence electrons. The Morgan fingerprint density at radius 3 is 2.83 bits per heavy atom. The molecule has 0 atom stereocenters. The second kappa shape index (κ2) is 7.59. The number of aromatic nitrogens is 3. The molecule has 0 aliphatic carbocycles. The summed E-state index contributed by atoms with van der Waals surface area (Å²) in [5, 5.41) is 18.0. The number of nitrogens with zero attached hydrogens (tertiary/aromatic N) is 4. The van der Waals surface area contributed by atoms with E-state index in [1.807, 2.05) is 16.8 Å². The van der Waals surface area contributed by atoms with Crippen LogP contribution in [-0.4, -0.2) is 38.1 Å². The Morgan fingerprint density at radius 1 is 1.26 bits per heavy atom. The van der Waals surface area contributed by atoms with Crippen LogP contribution in [0.5, 0.6) is 5.75 Å². The summed E-state index contributed by atoms with van der Waals surface area (Å²) in [6.07, 6.45) is 6.63. The molecule has 1 saturated heterocycles. The lowest BCUT2D eigenvalue weighted by atomic mass is 9.96. The van der Waals surface area contributed by atoms with E-state index in [2.05, 4.69) is 34.4 Å². The van der Waals surface area contributed by atoms with Crippen molar-refractivity contribution in [1.82, 2.24) is 19.9 Å². The Bertz CT molecular complexity index is 617. The molecule has 5 heteroatoms. The SMILES string of the molecule is CCCc1cn(CC2CCN(Cc3cccc(O)c3)CC2)nn1. The number of aryl methyl sites for hydroxylation is 1. The van der Waals surface area contributed by atoms with Crippen LogP contribution in [-0.2, 0) is 19.5 Å². The molecule has 1 aliphatic heterocycles. The fourth-order valence-electron chi connectivity index (χ4n) is 3.30. The lowest BCUT2D eigenvalue weighted by molar-refractivity contribution is 0.164. The molecule has 1 N–H and O–H groups in total. The predicted molar refractivity (Wildman–Crippen MR) is 90.1 cm³/mol. The van der Waals surface area contributed by atoms with Crippen LogP contribution in [0, 0.1) is 5.92 Å². The molecule has 0 radical (unpaired) electrons. The van der Waals surface area contributed by atoms with Crippen molar-refractivity contribution in [2.75, 3.05) is 13.1 Å². The van der Waals surface area contributed by atoms with Crippen molar-refractivity contribution in [1.29, 1.82) is 0 Å². The number of aromatic hydroxyl groups is 1. The number of phenolic OH excluding ortho intramolecular Hbond substituents is 1. The summed E-state index contributed by atoms with van der Waals surface area (Å²) in [7, 11) is 0. The van der Waals surface area contributed by atoms with Gasteiger partial charge in [-0.05, 0) is 56.0 Å². The van der Waals surface area contributed by atoms with Gasteiger partial charge in [-0.25, -0.2) is 0 Å². The number of likely N-dealkylation sites (tertiary alicyclic amines) is 1. The molecule has 0 spiro atoms. The van der Waals surface area contributed by atoms with Crippen molar-refractivity contribution >= 4 is 0 Å². The zero-order chi connectivity index (χ0) is 16.1. The Morgan fingerprint density at radius 2 is 2.09 bits per heavy atom. The fourth-order valence-corrected chi connectivity index (χ4v) is 3.30. The van der Waals surface area contributed by atoms with Crippen LogP contribution in [0.2, 0.25) is 0 Å². The minimum Gasteiger partial charge on any atom is -0.508 e. The van der Waals surface area contributed by atoms with Gasteiger partial charge in [-0.1, -0.05) is 30.7 Å². The maximum Gasteiger partial charge on any atom is 0.115 e. The zero-order valence-electron chi connectivity index (χ0n) is 13.9. The second-order valence-electron chi connectivity index (χ2n) is 6.57. The van der Waals surface area contributed by atoms with E-state index in [-0.39, 0.29) is 0 Å². The van der Waals surface area contributed by atoms with Gasteiger partial charge in [-0.3, -0.25) is 9.58 Å². The molecule has 2 heterocycles. The molecule has 3 rings (SSSR count). The lowest BCUT2D eigenvalue weighted by Gasteiger charge is -2.31. The molecule has 1 aromatic heterocycles. The molecule has 5 nitrogen and oxygen atoms in total. The molecule has 1 fully saturated rings. The summed E-state index contributed by atoms with van der Waals surface area (Å²) in [5.74, 6) is 1.04. The summed E-state index contributed by atoms with van der Waals surface area (Å²) >= 11 is 0. The van der Waals surface area contributed by atoms with Gasteiger partial charge in [-0.15, -0.1) is 5.10 Å². The van der Waals surface area contributed by atoms with Crippen LogP contribution in [0.25, 0.3) is 0 Å². The number of hydrogen-bond donors (Lipinski definition) is 1. The smallest absolute Gasteiger partial charge is 0.115 e. The molecule has 23 heavy (non-hydrogen) atoms. The minimum absolute atomic E-state index is 0.353. The number of piperidine rings is 1. The highest BCUT2D eigenvalue weighted by molar-refractivity contribution is 5.27. The summed E-state index contributed by atoms with van der Waals surface area (Å²) in [6.45, 7) is 6.29. The number of hydrogen-bond acceptors (Lipinski definition) is 4. The van der Waals surface area contributed by atoms with Crippen LogP contribution in [0.15, 0.2) is 30.5 Å². The van der Waals surface area contributed by atoms with Gasteiger partial charge in [0.1, 0.15) is 5.75 Å². The number of benzene rings is 1. The quantitative estimate of drug-likeness (QED) is 0.891. The third kappa shape index (κ3) is 4.55. The molecule has 2 aromatic rings. The van der Waals surface area contributed by atoms with Gasteiger partial charge in [0.15, 0.2) is 0 Å². The van der Waals surface area contributed by atoms with E-state index in [1.165, 1.54) is 18.4 Å². The summed E-state index contributed by atoms with van der Waals surface area (Å²) in [6, 6.07) is 7.57. The first kappa shape index (κ1) is 16.0. The molecular formula is C18H26N4O. The normalized spacial score (nSPS) is 16.7. The second-order valence-corrected chi connectivity index (χ2v) is 6.57. The van der Waals surface area contributed by atoms with E-state index in [9.17, 15) is 5.11 Å². The zero-order valence-corrected chi connectivity index (χ0v) is 13.9. The minimum atomic E-state index is 0.353. The number of phenols is 1. The van der Waals surface area contributed by atoms with Crippen molar-refractivity contribution in [3.63, 3.8) is 0 Å². The summed E-state index contributed by atoms with van der Waals surface area (Å²) < 4.78 is 2.01. The first-order chi connectivity index (χ1) is 11.2. The van der Waals surface area contributed by atoms with E-state index >= 15 is 0 Å². The Labute approximate surface area is 137 Å². The summed E-state index contributed by atoms with van der Waals surface area (Å²) in [4.78, 5) is 2.47. The van der Waals surface area contributed by atoms with Crippen LogP contribution in [0.3, 0.4) is 0 Å². The standard InChI is InChI=1S/C18H26N4O/c1-2-4-17-14-22(20-19-17)13-15-7-9-21(10-8-15)12-16-5-3-6-18(23)11-16/h3,5-6,11,14-15,23H,2,4,7-10,12-13H2,1H3. The van der Waals surface area contributed by atoms with Crippen LogP contribution in [0.4, 0.5) is 0 Å². The Hall–Kier alpha value is -1.88. The average molecular weight is 314 g/mol. The highest BCUT2D eigenvalue weighted by atomic mass is 16.3. The first-order valence-corrected chi connectivity index (χ1v) is 8.62. The fraction of sp³-hybridized carbons (Fsp3) is 0.556. The lowest BCUT2D eigenvalue weighted by Crippen LogP contribution is -2.34. The van der Waals surface area contributed by atoms with Gasteiger partial charge in [0, 0.05) is 19.3 Å². The van der Waals surface area contributed by atoms with Crippen molar-refractivity contribution in [2.24, 2.45) is 5.92 Å². The van der Waals surface area contributed by atoms with Gasteiger partial charge in [-0.2, -0.15) is 0 Å². The molecule has 0 bridgehead atoms. The third-order valence-electron chi connectivity index (χ3n) is 4.56. The maximum atomic E-state index is 9.55. The van der Waals surface area contributed by atoms with E-state index < -0.39 is 0 Å². The monoisotopic (exact) mass is 314 g/mol. The molecule has 0 amide bonds. The molecule has 0 saturated carbocycles. The highest BCUT2D eigenvalue weighted by Gasteiger charge is 2.20. The van der Waals surface area contributed by atoms with Crippen molar-refractivity contribution in [2.45, 2.75) is 45.7 Å². The van der Waals surface area contributed by atoms with Crippen molar-refractivity contribution < 1.29 is 5.11 Å². The van der Waals surface area contributed by atoms with E-state index in [4.69, 9.17) is 0 Å². The largest absolute Gasteiger partial charge is 0.508 e. The Balaban J connectivity index is 1.46. The first-order valence-electron chi connectivity index (χ1n) is 8.62. The third-order valence-corrected chi connectivity index (χ3v) is 4.56. The van der Waals surface area contributed by atoms with E-state index in [1.54, 1.807) is 6.07 Å². The maximum absolute atomic E-state index is 9.55. The van der Waals surface area contributed by atoms with Crippen LogP contribution < -0.4 is 0 Å².